The van der Waals surface area contributed by atoms with Crippen LogP contribution in [0.4, 0.5) is 0 Å². The number of H-pyrrole nitrogens is 1. The first kappa shape index (κ1) is 13.7. The van der Waals surface area contributed by atoms with Crippen molar-refractivity contribution in [3.8, 4) is 11.5 Å². The largest absolute Gasteiger partial charge is 0.454 e. The van der Waals surface area contributed by atoms with Crippen LogP contribution < -0.4 is 9.47 Å². The zero-order valence-electron chi connectivity index (χ0n) is 12.5. The number of hydrogen-bond acceptors (Lipinski definition) is 2. The highest BCUT2D eigenvalue weighted by molar-refractivity contribution is 9.10. The van der Waals surface area contributed by atoms with E-state index in [4.69, 9.17) is 9.47 Å². The van der Waals surface area contributed by atoms with Gasteiger partial charge in [0.25, 0.3) is 0 Å². The Morgan fingerprint density at radius 3 is 2.68 bits per heavy atom. The topological polar surface area (TPSA) is 34.2 Å². The Balaban J connectivity index is 1.81. The Morgan fingerprint density at radius 1 is 1.09 bits per heavy atom. The smallest absolute Gasteiger partial charge is 0.231 e. The highest BCUT2D eigenvalue weighted by atomic mass is 79.9. The Labute approximate surface area is 137 Å². The van der Waals surface area contributed by atoms with Crippen molar-refractivity contribution in [2.75, 3.05) is 6.79 Å². The molecule has 0 unspecified atom stereocenters. The second-order valence-electron chi connectivity index (χ2n) is 5.75. The predicted octanol–water partition coefficient (Wildman–Crippen LogP) is 4.87. The van der Waals surface area contributed by atoms with Gasteiger partial charge in [-0.2, -0.15) is 0 Å². The second-order valence-corrected chi connectivity index (χ2v) is 6.61. The van der Waals surface area contributed by atoms with Crippen molar-refractivity contribution in [3.63, 3.8) is 0 Å². The van der Waals surface area contributed by atoms with Gasteiger partial charge in [-0.05, 0) is 49.2 Å². The molecule has 4 heteroatoms. The molecule has 3 nitrogen and oxygen atoms in total. The van der Waals surface area contributed by atoms with Crippen LogP contribution in [0.3, 0.4) is 0 Å². The number of nitrogens with one attached hydrogen (secondary N) is 1. The lowest BCUT2D eigenvalue weighted by Gasteiger charge is -2.07. The summed E-state index contributed by atoms with van der Waals surface area (Å²) in [5, 5.41) is 1.29. The highest BCUT2D eigenvalue weighted by Crippen LogP contribution is 2.38. The van der Waals surface area contributed by atoms with E-state index in [1.54, 1.807) is 0 Å². The summed E-state index contributed by atoms with van der Waals surface area (Å²) in [5.74, 6) is 1.63. The number of rotatable bonds is 2. The van der Waals surface area contributed by atoms with Gasteiger partial charge in [-0.15, -0.1) is 0 Å². The third kappa shape index (κ3) is 2.18. The first-order valence-electron chi connectivity index (χ1n) is 7.27. The summed E-state index contributed by atoms with van der Waals surface area (Å²) < 4.78 is 12.0. The van der Waals surface area contributed by atoms with Gasteiger partial charge in [0, 0.05) is 27.5 Å². The second kappa shape index (κ2) is 5.06. The molecule has 0 radical (unpaired) electrons. The van der Waals surface area contributed by atoms with Gasteiger partial charge in [0.15, 0.2) is 11.5 Å². The first-order chi connectivity index (χ1) is 10.6. The van der Waals surface area contributed by atoms with E-state index >= 15 is 0 Å². The monoisotopic (exact) mass is 357 g/mol. The standard InChI is InChI=1S/C18H16BrNO2/c1-10-3-4-16-14(5-10)13(11(2)20-16)6-12-7-17-18(8-15(12)19)22-9-21-17/h3-5,7-8,20H,6,9H2,1-2H3. The molecule has 2 heterocycles. The van der Waals surface area contributed by atoms with Gasteiger partial charge in [-0.3, -0.25) is 0 Å². The SMILES string of the molecule is Cc1ccc2[nH]c(C)c(Cc3cc4c(cc3Br)OCO4)c2c1. The summed E-state index contributed by atoms with van der Waals surface area (Å²) in [6.45, 7) is 4.56. The molecule has 4 rings (SSSR count). The molecule has 0 amide bonds. The van der Waals surface area contributed by atoms with Gasteiger partial charge in [-0.1, -0.05) is 27.6 Å². The van der Waals surface area contributed by atoms with Crippen molar-refractivity contribution >= 4 is 26.8 Å². The summed E-state index contributed by atoms with van der Waals surface area (Å²) in [4.78, 5) is 3.48. The molecule has 0 aliphatic carbocycles. The van der Waals surface area contributed by atoms with E-state index < -0.39 is 0 Å². The lowest BCUT2D eigenvalue weighted by atomic mass is 10.0. The fraction of sp³-hybridized carbons (Fsp3) is 0.222. The summed E-state index contributed by atoms with van der Waals surface area (Å²) in [5.41, 5.74) is 6.21. The van der Waals surface area contributed by atoms with Crippen LogP contribution in [-0.4, -0.2) is 11.8 Å². The molecule has 0 atom stereocenters. The average molecular weight is 358 g/mol. The Hall–Kier alpha value is -1.94. The minimum atomic E-state index is 0.302. The van der Waals surface area contributed by atoms with Crippen molar-refractivity contribution in [3.05, 3.63) is 57.2 Å². The van der Waals surface area contributed by atoms with Gasteiger partial charge in [0.1, 0.15) is 0 Å². The molecule has 0 saturated carbocycles. The van der Waals surface area contributed by atoms with Crippen molar-refractivity contribution < 1.29 is 9.47 Å². The number of benzene rings is 2. The quantitative estimate of drug-likeness (QED) is 0.709. The summed E-state index contributed by atoms with van der Waals surface area (Å²) in [6.07, 6.45) is 0.854. The molecule has 1 N–H and O–H groups in total. The van der Waals surface area contributed by atoms with Crippen molar-refractivity contribution in [1.82, 2.24) is 4.98 Å². The van der Waals surface area contributed by atoms with Crippen molar-refractivity contribution in [2.24, 2.45) is 0 Å². The number of aryl methyl sites for hydroxylation is 2. The van der Waals surface area contributed by atoms with E-state index in [-0.39, 0.29) is 0 Å². The Kier molecular flexibility index (Phi) is 3.15. The van der Waals surface area contributed by atoms with E-state index in [9.17, 15) is 0 Å². The van der Waals surface area contributed by atoms with E-state index in [1.807, 2.05) is 6.07 Å². The van der Waals surface area contributed by atoms with Crippen LogP contribution in [0.2, 0.25) is 0 Å². The van der Waals surface area contributed by atoms with Crippen LogP contribution >= 0.6 is 15.9 Å². The van der Waals surface area contributed by atoms with Crippen LogP contribution in [0, 0.1) is 13.8 Å². The van der Waals surface area contributed by atoms with Crippen LogP contribution in [0.15, 0.2) is 34.8 Å². The van der Waals surface area contributed by atoms with E-state index in [1.165, 1.54) is 33.3 Å². The van der Waals surface area contributed by atoms with Gasteiger partial charge in [0.05, 0.1) is 0 Å². The minimum Gasteiger partial charge on any atom is -0.454 e. The van der Waals surface area contributed by atoms with Crippen LogP contribution in [0.25, 0.3) is 10.9 Å². The molecule has 1 aromatic heterocycles. The molecule has 22 heavy (non-hydrogen) atoms. The van der Waals surface area contributed by atoms with Crippen molar-refractivity contribution in [2.45, 2.75) is 20.3 Å². The van der Waals surface area contributed by atoms with E-state index in [2.05, 4.69) is 59.0 Å². The van der Waals surface area contributed by atoms with Crippen LogP contribution in [-0.2, 0) is 6.42 Å². The van der Waals surface area contributed by atoms with Crippen LogP contribution in [0.5, 0.6) is 11.5 Å². The number of fused-ring (bicyclic) bond motifs is 2. The summed E-state index contributed by atoms with van der Waals surface area (Å²) in [7, 11) is 0. The molecule has 1 aliphatic heterocycles. The number of halogens is 1. The molecule has 0 spiro atoms. The van der Waals surface area contributed by atoms with E-state index in [0.717, 1.165) is 22.4 Å². The van der Waals surface area contributed by atoms with E-state index in [0.29, 0.717) is 6.79 Å². The highest BCUT2D eigenvalue weighted by Gasteiger charge is 2.18. The predicted molar refractivity (Wildman–Crippen MR) is 90.8 cm³/mol. The number of aromatic amines is 1. The van der Waals surface area contributed by atoms with Crippen molar-refractivity contribution in [1.29, 1.82) is 0 Å². The first-order valence-corrected chi connectivity index (χ1v) is 8.07. The lowest BCUT2D eigenvalue weighted by molar-refractivity contribution is 0.174. The maximum Gasteiger partial charge on any atom is 0.231 e. The molecular weight excluding hydrogens is 342 g/mol. The third-order valence-electron chi connectivity index (χ3n) is 4.18. The number of ether oxygens (including phenoxy) is 2. The molecule has 2 aromatic carbocycles. The van der Waals surface area contributed by atoms with Gasteiger partial charge in [0.2, 0.25) is 6.79 Å². The fourth-order valence-electron chi connectivity index (χ4n) is 3.01. The molecule has 1 aliphatic rings. The van der Waals surface area contributed by atoms with Gasteiger partial charge >= 0.3 is 0 Å². The minimum absolute atomic E-state index is 0.302. The maximum absolute atomic E-state index is 5.50. The average Bonchev–Trinajstić information content (AvgIpc) is 3.04. The Bertz CT molecular complexity index is 882. The molecule has 0 bridgehead atoms. The lowest BCUT2D eigenvalue weighted by Crippen LogP contribution is -1.93. The number of aromatic nitrogens is 1. The maximum atomic E-state index is 5.50. The summed E-state index contributed by atoms with van der Waals surface area (Å²) >= 11 is 3.65. The molecule has 112 valence electrons. The zero-order chi connectivity index (χ0) is 15.3. The normalized spacial score (nSPS) is 13.0. The summed E-state index contributed by atoms with van der Waals surface area (Å²) in [6, 6.07) is 10.6. The fourth-order valence-corrected chi connectivity index (χ4v) is 3.47. The zero-order valence-corrected chi connectivity index (χ0v) is 14.1. The third-order valence-corrected chi connectivity index (χ3v) is 4.92. The van der Waals surface area contributed by atoms with Gasteiger partial charge < -0.3 is 14.5 Å². The Morgan fingerprint density at radius 2 is 1.86 bits per heavy atom. The molecular formula is C18H16BrNO2. The number of hydrogen-bond donors (Lipinski definition) is 1. The molecule has 3 aromatic rings. The molecule has 0 fully saturated rings. The van der Waals surface area contributed by atoms with Crippen LogP contribution in [0.1, 0.15) is 22.4 Å². The van der Waals surface area contributed by atoms with Gasteiger partial charge in [-0.25, -0.2) is 0 Å². The molecule has 0 saturated heterocycles.